The fourth-order valence-electron chi connectivity index (χ4n) is 0.894. The van der Waals surface area contributed by atoms with Gasteiger partial charge in [0.25, 0.3) is 5.91 Å². The number of hydrogen-bond donors (Lipinski definition) is 1. The first-order chi connectivity index (χ1) is 6.11. The number of furan rings is 1. The number of carbonyl (C=O) groups excluding carboxylic acids is 1. The minimum absolute atomic E-state index is 0.224. The van der Waals surface area contributed by atoms with E-state index >= 15 is 0 Å². The van der Waals surface area contributed by atoms with Gasteiger partial charge in [-0.1, -0.05) is 12.2 Å². The summed E-state index contributed by atoms with van der Waals surface area (Å²) in [6, 6.07) is 3.25. The van der Waals surface area contributed by atoms with Crippen LogP contribution < -0.4 is 5.73 Å². The molecule has 1 heterocycles. The Bertz CT molecular complexity index is 308. The molecule has 1 rings (SSSR count). The number of carbonyl (C=O) groups is 1. The molecule has 0 fully saturated rings. The average Bonchev–Trinajstić information content (AvgIpc) is 2.53. The minimum Gasteiger partial charge on any atom is -0.459 e. The molecule has 1 aromatic heterocycles. The van der Waals surface area contributed by atoms with E-state index in [4.69, 9.17) is 10.2 Å². The molecule has 0 aliphatic rings. The second kappa shape index (κ2) is 4.04. The van der Waals surface area contributed by atoms with Crippen LogP contribution in [-0.4, -0.2) is 29.4 Å². The lowest BCUT2D eigenvalue weighted by Crippen LogP contribution is -2.34. The van der Waals surface area contributed by atoms with E-state index < -0.39 is 0 Å². The molecule has 0 aromatic carbocycles. The number of amides is 1. The molecular weight excluding hydrogens is 188 g/mol. The van der Waals surface area contributed by atoms with Crippen LogP contribution in [0.15, 0.2) is 22.8 Å². The molecule has 70 valence electrons. The Labute approximate surface area is 81.3 Å². The van der Waals surface area contributed by atoms with E-state index in [1.165, 1.54) is 11.2 Å². The number of rotatable bonds is 3. The predicted molar refractivity (Wildman–Crippen MR) is 52.5 cm³/mol. The predicted octanol–water partition coefficient (Wildman–Crippen LogP) is 0.638. The highest BCUT2D eigenvalue weighted by Crippen LogP contribution is 2.03. The van der Waals surface area contributed by atoms with Crippen LogP contribution in [-0.2, 0) is 0 Å². The normalized spacial score (nSPS) is 9.62. The molecule has 0 unspecified atom stereocenters. The van der Waals surface area contributed by atoms with Crippen molar-refractivity contribution in [2.75, 3.05) is 13.6 Å². The molecule has 0 saturated heterocycles. The van der Waals surface area contributed by atoms with E-state index in [0.717, 1.165) is 0 Å². The molecule has 1 amide bonds. The van der Waals surface area contributed by atoms with Crippen molar-refractivity contribution in [2.45, 2.75) is 0 Å². The van der Waals surface area contributed by atoms with Crippen molar-refractivity contribution in [3.8, 4) is 0 Å². The third kappa shape index (κ3) is 2.55. The SMILES string of the molecule is CN(CC(N)=S)C(=O)c1ccco1. The summed E-state index contributed by atoms with van der Waals surface area (Å²) in [6.07, 6.45) is 1.45. The van der Waals surface area contributed by atoms with Gasteiger partial charge in [0.2, 0.25) is 0 Å². The van der Waals surface area contributed by atoms with Crippen molar-refractivity contribution < 1.29 is 9.21 Å². The van der Waals surface area contributed by atoms with E-state index in [9.17, 15) is 4.79 Å². The summed E-state index contributed by atoms with van der Waals surface area (Å²) in [6.45, 7) is 0.259. The quantitative estimate of drug-likeness (QED) is 0.724. The first-order valence-corrected chi connectivity index (χ1v) is 4.09. The van der Waals surface area contributed by atoms with Crippen LogP contribution in [0.4, 0.5) is 0 Å². The Hall–Kier alpha value is -1.36. The van der Waals surface area contributed by atoms with Crippen LogP contribution in [0.25, 0.3) is 0 Å². The molecule has 1 aromatic rings. The lowest BCUT2D eigenvalue weighted by molar-refractivity contribution is 0.0784. The van der Waals surface area contributed by atoms with Gasteiger partial charge in [-0.2, -0.15) is 0 Å². The van der Waals surface area contributed by atoms with Gasteiger partial charge in [0.1, 0.15) is 0 Å². The third-order valence-electron chi connectivity index (χ3n) is 1.47. The molecule has 2 N–H and O–H groups in total. The van der Waals surface area contributed by atoms with Crippen molar-refractivity contribution in [2.24, 2.45) is 5.73 Å². The van der Waals surface area contributed by atoms with Crippen molar-refractivity contribution in [3.05, 3.63) is 24.2 Å². The Morgan fingerprint density at radius 1 is 1.77 bits per heavy atom. The minimum atomic E-state index is -0.224. The van der Waals surface area contributed by atoms with Crippen LogP contribution in [0.1, 0.15) is 10.6 Å². The maximum atomic E-state index is 11.5. The molecule has 0 bridgehead atoms. The molecule has 0 aliphatic carbocycles. The Morgan fingerprint density at radius 2 is 2.46 bits per heavy atom. The largest absolute Gasteiger partial charge is 0.459 e. The number of nitrogens with zero attached hydrogens (tertiary/aromatic N) is 1. The van der Waals surface area contributed by atoms with E-state index in [0.29, 0.717) is 5.76 Å². The first-order valence-electron chi connectivity index (χ1n) is 3.68. The van der Waals surface area contributed by atoms with Gasteiger partial charge in [0, 0.05) is 7.05 Å². The van der Waals surface area contributed by atoms with Gasteiger partial charge >= 0.3 is 0 Å². The van der Waals surface area contributed by atoms with Crippen LogP contribution in [0.3, 0.4) is 0 Å². The van der Waals surface area contributed by atoms with Gasteiger partial charge in [0.05, 0.1) is 17.8 Å². The molecule has 0 radical (unpaired) electrons. The van der Waals surface area contributed by atoms with Crippen LogP contribution in [0, 0.1) is 0 Å². The second-order valence-electron chi connectivity index (χ2n) is 2.60. The highest BCUT2D eigenvalue weighted by atomic mass is 32.1. The number of hydrogen-bond acceptors (Lipinski definition) is 3. The molecule has 5 heteroatoms. The summed E-state index contributed by atoms with van der Waals surface area (Å²) < 4.78 is 4.92. The summed E-state index contributed by atoms with van der Waals surface area (Å²) in [5, 5.41) is 0. The maximum Gasteiger partial charge on any atom is 0.289 e. The van der Waals surface area contributed by atoms with Gasteiger partial charge < -0.3 is 15.1 Å². The zero-order valence-electron chi connectivity index (χ0n) is 7.19. The summed E-state index contributed by atoms with van der Waals surface area (Å²) in [5.41, 5.74) is 5.29. The standard InChI is InChI=1S/C8H10N2O2S/c1-10(5-7(9)13)8(11)6-3-2-4-12-6/h2-4H,5H2,1H3,(H2,9,13). The Kier molecular flexibility index (Phi) is 3.02. The van der Waals surface area contributed by atoms with Crippen molar-refractivity contribution >= 4 is 23.1 Å². The highest BCUT2D eigenvalue weighted by Gasteiger charge is 2.14. The van der Waals surface area contributed by atoms with Crippen molar-refractivity contribution in [3.63, 3.8) is 0 Å². The van der Waals surface area contributed by atoms with E-state index in [2.05, 4.69) is 12.2 Å². The number of likely N-dealkylation sites (N-methyl/N-ethyl adjacent to an activating group) is 1. The Balaban J connectivity index is 2.63. The molecule has 13 heavy (non-hydrogen) atoms. The Morgan fingerprint density at radius 3 is 2.92 bits per heavy atom. The topological polar surface area (TPSA) is 59.5 Å². The molecular formula is C8H10N2O2S. The zero-order chi connectivity index (χ0) is 9.84. The summed E-state index contributed by atoms with van der Waals surface area (Å²) >= 11 is 4.67. The summed E-state index contributed by atoms with van der Waals surface area (Å²) in [7, 11) is 1.62. The molecule has 0 aliphatic heterocycles. The summed E-state index contributed by atoms with van der Waals surface area (Å²) in [5.74, 6) is 0.0663. The van der Waals surface area contributed by atoms with Gasteiger partial charge in [-0.05, 0) is 12.1 Å². The fourth-order valence-corrected chi connectivity index (χ4v) is 1.09. The first kappa shape index (κ1) is 9.73. The fraction of sp³-hybridized carbons (Fsp3) is 0.250. The molecule has 0 atom stereocenters. The number of nitrogens with two attached hydrogens (primary N) is 1. The van der Waals surface area contributed by atoms with Gasteiger partial charge in [-0.3, -0.25) is 4.79 Å². The lowest BCUT2D eigenvalue weighted by atomic mass is 10.4. The van der Waals surface area contributed by atoms with Gasteiger partial charge in [-0.25, -0.2) is 0 Å². The maximum absolute atomic E-state index is 11.5. The lowest BCUT2D eigenvalue weighted by Gasteiger charge is -2.13. The molecule has 4 nitrogen and oxygen atoms in total. The molecule has 0 spiro atoms. The van der Waals surface area contributed by atoms with E-state index in [-0.39, 0.29) is 17.4 Å². The summed E-state index contributed by atoms with van der Waals surface area (Å²) in [4.78, 5) is 13.1. The van der Waals surface area contributed by atoms with Crippen LogP contribution in [0.2, 0.25) is 0 Å². The monoisotopic (exact) mass is 198 g/mol. The highest BCUT2D eigenvalue weighted by molar-refractivity contribution is 7.80. The van der Waals surface area contributed by atoms with Crippen LogP contribution >= 0.6 is 12.2 Å². The number of thiocarbonyl (C=S) groups is 1. The molecule has 0 saturated carbocycles. The van der Waals surface area contributed by atoms with Gasteiger partial charge in [-0.15, -0.1) is 0 Å². The smallest absolute Gasteiger partial charge is 0.289 e. The van der Waals surface area contributed by atoms with Crippen LogP contribution in [0.5, 0.6) is 0 Å². The van der Waals surface area contributed by atoms with Crippen molar-refractivity contribution in [1.82, 2.24) is 4.90 Å². The van der Waals surface area contributed by atoms with E-state index in [1.54, 1.807) is 19.2 Å². The third-order valence-corrected chi connectivity index (χ3v) is 1.60. The zero-order valence-corrected chi connectivity index (χ0v) is 8.00. The average molecular weight is 198 g/mol. The second-order valence-corrected chi connectivity index (χ2v) is 3.13. The van der Waals surface area contributed by atoms with Crippen molar-refractivity contribution in [1.29, 1.82) is 0 Å². The van der Waals surface area contributed by atoms with E-state index in [1.807, 2.05) is 0 Å². The van der Waals surface area contributed by atoms with Gasteiger partial charge in [0.15, 0.2) is 5.76 Å².